The molecule has 1 saturated heterocycles. The Morgan fingerprint density at radius 1 is 1.31 bits per heavy atom. The summed E-state index contributed by atoms with van der Waals surface area (Å²) in [6, 6.07) is 0.00382. The number of hydrogen-bond acceptors (Lipinski definition) is 2. The van der Waals surface area contributed by atoms with Crippen LogP contribution in [-0.4, -0.2) is 30.8 Å². The van der Waals surface area contributed by atoms with Gasteiger partial charge in [-0.05, 0) is 25.8 Å². The molecule has 1 saturated carbocycles. The fourth-order valence-corrected chi connectivity index (χ4v) is 1.80. The second-order valence-corrected chi connectivity index (χ2v) is 3.91. The van der Waals surface area contributed by atoms with E-state index in [2.05, 4.69) is 10.6 Å². The van der Waals surface area contributed by atoms with Gasteiger partial charge in [0.2, 0.25) is 0 Å². The lowest BCUT2D eigenvalue weighted by molar-refractivity contribution is -0.167. The first-order chi connectivity index (χ1) is 6.04. The molecule has 13 heavy (non-hydrogen) atoms. The Hall–Kier alpha value is -0.290. The molecule has 0 bridgehead atoms. The van der Waals surface area contributed by atoms with Gasteiger partial charge >= 0.3 is 6.18 Å². The average Bonchev–Trinajstić information content (AvgIpc) is 2.59. The molecule has 2 aliphatic rings. The van der Waals surface area contributed by atoms with E-state index < -0.39 is 11.7 Å². The van der Waals surface area contributed by atoms with Crippen molar-refractivity contribution in [2.75, 3.05) is 13.1 Å². The summed E-state index contributed by atoms with van der Waals surface area (Å²) in [7, 11) is 0. The average molecular weight is 194 g/mol. The van der Waals surface area contributed by atoms with Crippen LogP contribution in [0.15, 0.2) is 0 Å². The van der Waals surface area contributed by atoms with Crippen molar-refractivity contribution in [3.05, 3.63) is 0 Å². The molecule has 2 rings (SSSR count). The van der Waals surface area contributed by atoms with Crippen molar-refractivity contribution in [2.45, 2.75) is 37.0 Å². The Morgan fingerprint density at radius 3 is 2.38 bits per heavy atom. The highest BCUT2D eigenvalue weighted by Crippen LogP contribution is 2.49. The molecule has 0 radical (unpaired) electrons. The predicted octanol–water partition coefficient (Wildman–Crippen LogP) is 1.03. The van der Waals surface area contributed by atoms with Crippen LogP contribution in [0.5, 0.6) is 0 Å². The van der Waals surface area contributed by atoms with Crippen LogP contribution in [0.1, 0.15) is 19.3 Å². The monoisotopic (exact) mass is 194 g/mol. The Morgan fingerprint density at radius 2 is 2.00 bits per heavy atom. The second-order valence-electron chi connectivity index (χ2n) is 3.91. The van der Waals surface area contributed by atoms with E-state index in [0.717, 1.165) is 13.0 Å². The first-order valence-corrected chi connectivity index (χ1v) is 4.59. The molecule has 2 nitrogen and oxygen atoms in total. The smallest absolute Gasteiger partial charge is 0.315 e. The summed E-state index contributed by atoms with van der Waals surface area (Å²) in [6.45, 7) is 1.49. The standard InChI is InChI=1S/C8H13F3N2/c9-8(10,11)7(2-3-7)13-6-1-4-12-5-6/h6,12-13H,1-5H2. The molecule has 1 aliphatic carbocycles. The third-order valence-corrected chi connectivity index (χ3v) is 2.83. The fraction of sp³-hybridized carbons (Fsp3) is 1.00. The van der Waals surface area contributed by atoms with E-state index >= 15 is 0 Å². The van der Waals surface area contributed by atoms with Crippen LogP contribution in [-0.2, 0) is 0 Å². The van der Waals surface area contributed by atoms with Crippen LogP contribution < -0.4 is 10.6 Å². The molecule has 1 atom stereocenters. The van der Waals surface area contributed by atoms with Crippen molar-refractivity contribution in [2.24, 2.45) is 0 Å². The second kappa shape index (κ2) is 2.85. The molecule has 1 heterocycles. The van der Waals surface area contributed by atoms with Gasteiger partial charge in [-0.1, -0.05) is 0 Å². The minimum Gasteiger partial charge on any atom is -0.315 e. The molecule has 5 heteroatoms. The number of alkyl halides is 3. The normalized spacial score (nSPS) is 32.1. The van der Waals surface area contributed by atoms with Crippen LogP contribution in [0.4, 0.5) is 13.2 Å². The highest BCUT2D eigenvalue weighted by atomic mass is 19.4. The van der Waals surface area contributed by atoms with Gasteiger partial charge in [0.1, 0.15) is 5.54 Å². The highest BCUT2D eigenvalue weighted by molar-refractivity contribution is 5.09. The molecule has 0 aromatic rings. The first kappa shape index (κ1) is 9.27. The van der Waals surface area contributed by atoms with Crippen molar-refractivity contribution in [1.82, 2.24) is 10.6 Å². The highest BCUT2D eigenvalue weighted by Gasteiger charge is 2.63. The van der Waals surface area contributed by atoms with Crippen molar-refractivity contribution < 1.29 is 13.2 Å². The molecule has 2 fully saturated rings. The topological polar surface area (TPSA) is 24.1 Å². The molecule has 1 unspecified atom stereocenters. The molecule has 0 spiro atoms. The Kier molecular flexibility index (Phi) is 2.03. The quantitative estimate of drug-likeness (QED) is 0.686. The first-order valence-electron chi connectivity index (χ1n) is 4.59. The molecular weight excluding hydrogens is 181 g/mol. The maximum Gasteiger partial charge on any atom is 0.406 e. The number of rotatable bonds is 2. The Labute approximate surface area is 74.9 Å². The maximum absolute atomic E-state index is 12.5. The van der Waals surface area contributed by atoms with Gasteiger partial charge in [-0.25, -0.2) is 0 Å². The van der Waals surface area contributed by atoms with E-state index in [1.165, 1.54) is 0 Å². The molecule has 0 aromatic carbocycles. The van der Waals surface area contributed by atoms with Crippen molar-refractivity contribution in [3.8, 4) is 0 Å². The van der Waals surface area contributed by atoms with Gasteiger partial charge in [0.15, 0.2) is 0 Å². The van der Waals surface area contributed by atoms with Crippen LogP contribution in [0.3, 0.4) is 0 Å². The summed E-state index contributed by atoms with van der Waals surface area (Å²) in [4.78, 5) is 0. The van der Waals surface area contributed by atoms with Crippen LogP contribution in [0.2, 0.25) is 0 Å². The number of halogens is 3. The van der Waals surface area contributed by atoms with E-state index in [1.807, 2.05) is 0 Å². The van der Waals surface area contributed by atoms with Gasteiger partial charge in [-0.3, -0.25) is 5.32 Å². The van der Waals surface area contributed by atoms with Gasteiger partial charge < -0.3 is 5.32 Å². The third-order valence-electron chi connectivity index (χ3n) is 2.83. The molecule has 0 aromatic heterocycles. The minimum atomic E-state index is -4.07. The summed E-state index contributed by atoms with van der Waals surface area (Å²) in [5, 5.41) is 5.76. The molecule has 2 N–H and O–H groups in total. The lowest BCUT2D eigenvalue weighted by atomic mass is 10.2. The molecule has 0 amide bonds. The van der Waals surface area contributed by atoms with Crippen LogP contribution in [0.25, 0.3) is 0 Å². The van der Waals surface area contributed by atoms with Crippen LogP contribution in [0, 0.1) is 0 Å². The lowest BCUT2D eigenvalue weighted by Gasteiger charge is -2.24. The Balaban J connectivity index is 1.93. The van der Waals surface area contributed by atoms with Crippen molar-refractivity contribution >= 4 is 0 Å². The van der Waals surface area contributed by atoms with Crippen molar-refractivity contribution in [1.29, 1.82) is 0 Å². The number of hydrogen-bond donors (Lipinski definition) is 2. The van der Waals surface area contributed by atoms with E-state index in [-0.39, 0.29) is 18.9 Å². The maximum atomic E-state index is 12.5. The molecular formula is C8H13F3N2. The van der Waals surface area contributed by atoms with E-state index in [0.29, 0.717) is 6.54 Å². The predicted molar refractivity (Wildman–Crippen MR) is 42.4 cm³/mol. The zero-order valence-corrected chi connectivity index (χ0v) is 7.25. The summed E-state index contributed by atoms with van der Waals surface area (Å²) in [5.41, 5.74) is -1.54. The largest absolute Gasteiger partial charge is 0.406 e. The van der Waals surface area contributed by atoms with Gasteiger partial charge in [0.25, 0.3) is 0 Å². The lowest BCUT2D eigenvalue weighted by Crippen LogP contribution is -2.50. The van der Waals surface area contributed by atoms with Gasteiger partial charge in [0, 0.05) is 12.6 Å². The third kappa shape index (κ3) is 1.67. The fourth-order valence-electron chi connectivity index (χ4n) is 1.80. The summed E-state index contributed by atoms with van der Waals surface area (Å²) >= 11 is 0. The van der Waals surface area contributed by atoms with Crippen LogP contribution >= 0.6 is 0 Å². The minimum absolute atomic E-state index is 0.00382. The zero-order valence-electron chi connectivity index (χ0n) is 7.25. The van der Waals surface area contributed by atoms with E-state index in [4.69, 9.17) is 0 Å². The van der Waals surface area contributed by atoms with Gasteiger partial charge in [-0.2, -0.15) is 13.2 Å². The van der Waals surface area contributed by atoms with Gasteiger partial charge in [0.05, 0.1) is 0 Å². The van der Waals surface area contributed by atoms with Crippen molar-refractivity contribution in [3.63, 3.8) is 0 Å². The number of nitrogens with one attached hydrogen (secondary N) is 2. The molecule has 1 aliphatic heterocycles. The Bertz CT molecular complexity index is 192. The zero-order chi connectivity index (χ0) is 9.53. The van der Waals surface area contributed by atoms with E-state index in [9.17, 15) is 13.2 Å². The molecule has 76 valence electrons. The summed E-state index contributed by atoms with van der Waals surface area (Å²) < 4.78 is 37.4. The summed E-state index contributed by atoms with van der Waals surface area (Å²) in [5.74, 6) is 0. The SMILES string of the molecule is FC(F)(F)C1(NC2CCNC2)CC1. The van der Waals surface area contributed by atoms with E-state index in [1.54, 1.807) is 0 Å². The summed E-state index contributed by atoms with van der Waals surface area (Å²) in [6.07, 6.45) is -2.78. The van der Waals surface area contributed by atoms with Gasteiger partial charge in [-0.15, -0.1) is 0 Å².